The fourth-order valence-electron chi connectivity index (χ4n) is 3.02. The highest BCUT2D eigenvalue weighted by Gasteiger charge is 2.20. The quantitative estimate of drug-likeness (QED) is 0.855. The maximum absolute atomic E-state index is 9.09. The highest BCUT2D eigenvalue weighted by molar-refractivity contribution is 5.60. The summed E-state index contributed by atoms with van der Waals surface area (Å²) < 4.78 is 5.48. The molecule has 1 saturated heterocycles. The summed E-state index contributed by atoms with van der Waals surface area (Å²) in [5.41, 5.74) is 8.42. The monoisotopic (exact) mass is 293 g/mol. The zero-order valence-electron chi connectivity index (χ0n) is 13.1. The number of anilines is 1. The standard InChI is InChI=1S/C16H27N3O2/c1-13(17)16-14(5-3-6-15(16)21-2)19-8-4-7-18(9-10-19)11-12-20/h3,5-6,13,20H,4,7-12,17H2,1-2H3/t13-/m0/s1. The maximum Gasteiger partial charge on any atom is 0.125 e. The lowest BCUT2D eigenvalue weighted by Crippen LogP contribution is -2.33. The summed E-state index contributed by atoms with van der Waals surface area (Å²) in [4.78, 5) is 4.70. The minimum atomic E-state index is -0.0621. The Balaban J connectivity index is 2.21. The van der Waals surface area contributed by atoms with Crippen LogP contribution >= 0.6 is 0 Å². The van der Waals surface area contributed by atoms with Crippen LogP contribution in [-0.4, -0.2) is 56.4 Å². The Morgan fingerprint density at radius 2 is 2.10 bits per heavy atom. The number of benzene rings is 1. The molecular formula is C16H27N3O2. The zero-order valence-corrected chi connectivity index (χ0v) is 13.1. The summed E-state index contributed by atoms with van der Waals surface area (Å²) in [6, 6.07) is 6.06. The Morgan fingerprint density at radius 1 is 1.29 bits per heavy atom. The van der Waals surface area contributed by atoms with Crippen LogP contribution in [0.3, 0.4) is 0 Å². The van der Waals surface area contributed by atoms with Crippen molar-refractivity contribution in [3.05, 3.63) is 23.8 Å². The molecule has 1 aliphatic heterocycles. The van der Waals surface area contributed by atoms with Crippen molar-refractivity contribution in [1.82, 2.24) is 4.90 Å². The minimum absolute atomic E-state index is 0.0621. The molecule has 0 bridgehead atoms. The molecule has 0 saturated carbocycles. The molecule has 5 heteroatoms. The molecule has 0 spiro atoms. The number of hydrogen-bond acceptors (Lipinski definition) is 5. The summed E-state index contributed by atoms with van der Waals surface area (Å²) in [6.45, 7) is 6.94. The molecule has 0 aromatic heterocycles. The van der Waals surface area contributed by atoms with Gasteiger partial charge in [-0.1, -0.05) is 6.07 Å². The van der Waals surface area contributed by atoms with Gasteiger partial charge in [0.05, 0.1) is 13.7 Å². The predicted octanol–water partition coefficient (Wildman–Crippen LogP) is 1.22. The lowest BCUT2D eigenvalue weighted by Gasteiger charge is -2.28. The van der Waals surface area contributed by atoms with E-state index in [1.807, 2.05) is 19.1 Å². The first-order valence-corrected chi connectivity index (χ1v) is 7.68. The van der Waals surface area contributed by atoms with Crippen molar-refractivity contribution in [2.45, 2.75) is 19.4 Å². The molecule has 3 N–H and O–H groups in total. The SMILES string of the molecule is COc1cccc(N2CCCN(CCO)CC2)c1[C@H](C)N. The molecule has 5 nitrogen and oxygen atoms in total. The Bertz CT molecular complexity index is 451. The van der Waals surface area contributed by atoms with Gasteiger partial charge in [0.15, 0.2) is 0 Å². The van der Waals surface area contributed by atoms with Crippen LogP contribution < -0.4 is 15.4 Å². The third-order valence-corrected chi connectivity index (χ3v) is 4.06. The van der Waals surface area contributed by atoms with Gasteiger partial charge in [-0.25, -0.2) is 0 Å². The van der Waals surface area contributed by atoms with Crippen molar-refractivity contribution in [3.63, 3.8) is 0 Å². The van der Waals surface area contributed by atoms with E-state index in [-0.39, 0.29) is 12.6 Å². The minimum Gasteiger partial charge on any atom is -0.496 e. The summed E-state index contributed by atoms with van der Waals surface area (Å²) in [7, 11) is 1.69. The number of ether oxygens (including phenoxy) is 1. The maximum atomic E-state index is 9.09. The van der Waals surface area contributed by atoms with Crippen molar-refractivity contribution < 1.29 is 9.84 Å². The van der Waals surface area contributed by atoms with Crippen LogP contribution in [0.1, 0.15) is 24.9 Å². The second-order valence-electron chi connectivity index (χ2n) is 5.59. The molecule has 1 heterocycles. The first-order valence-electron chi connectivity index (χ1n) is 7.68. The average molecular weight is 293 g/mol. The number of β-amino-alcohol motifs (C(OH)–C–C–N with tert-alkyl or cyclic N) is 1. The summed E-state index contributed by atoms with van der Waals surface area (Å²) in [5.74, 6) is 0.860. The summed E-state index contributed by atoms with van der Waals surface area (Å²) in [5, 5.41) is 9.09. The molecule has 1 aromatic carbocycles. The molecule has 0 aliphatic carbocycles. The van der Waals surface area contributed by atoms with Gasteiger partial charge in [0.2, 0.25) is 0 Å². The fourth-order valence-corrected chi connectivity index (χ4v) is 3.02. The number of nitrogens with two attached hydrogens (primary N) is 1. The molecule has 1 aromatic rings. The van der Waals surface area contributed by atoms with Gasteiger partial charge in [0.25, 0.3) is 0 Å². The van der Waals surface area contributed by atoms with Crippen molar-refractivity contribution >= 4 is 5.69 Å². The van der Waals surface area contributed by atoms with Crippen molar-refractivity contribution in [3.8, 4) is 5.75 Å². The van der Waals surface area contributed by atoms with Gasteiger partial charge in [0.1, 0.15) is 5.75 Å². The van der Waals surface area contributed by atoms with E-state index in [1.165, 1.54) is 5.69 Å². The normalized spacial score (nSPS) is 18.4. The number of aliphatic hydroxyl groups is 1. The van der Waals surface area contributed by atoms with Gasteiger partial charge in [-0.15, -0.1) is 0 Å². The van der Waals surface area contributed by atoms with E-state index < -0.39 is 0 Å². The fraction of sp³-hybridized carbons (Fsp3) is 0.625. The van der Waals surface area contributed by atoms with Gasteiger partial charge in [-0.3, -0.25) is 4.90 Å². The van der Waals surface area contributed by atoms with Crippen LogP contribution in [0, 0.1) is 0 Å². The van der Waals surface area contributed by atoms with Gasteiger partial charge in [-0.05, 0) is 32.0 Å². The van der Waals surface area contributed by atoms with Gasteiger partial charge >= 0.3 is 0 Å². The predicted molar refractivity (Wildman–Crippen MR) is 86.0 cm³/mol. The van der Waals surface area contributed by atoms with E-state index in [0.717, 1.165) is 50.5 Å². The first kappa shape index (κ1) is 16.1. The Kier molecular flexibility index (Phi) is 5.85. The van der Waals surface area contributed by atoms with E-state index in [2.05, 4.69) is 15.9 Å². The summed E-state index contributed by atoms with van der Waals surface area (Å²) in [6.07, 6.45) is 1.09. The molecule has 1 fully saturated rings. The highest BCUT2D eigenvalue weighted by atomic mass is 16.5. The smallest absolute Gasteiger partial charge is 0.125 e. The van der Waals surface area contributed by atoms with Gasteiger partial charge < -0.3 is 20.5 Å². The van der Waals surface area contributed by atoms with Crippen LogP contribution in [0.4, 0.5) is 5.69 Å². The topological polar surface area (TPSA) is 62.0 Å². The second-order valence-corrected chi connectivity index (χ2v) is 5.59. The third-order valence-electron chi connectivity index (χ3n) is 4.06. The average Bonchev–Trinajstić information content (AvgIpc) is 2.72. The largest absolute Gasteiger partial charge is 0.496 e. The van der Waals surface area contributed by atoms with E-state index in [9.17, 15) is 0 Å². The molecule has 0 unspecified atom stereocenters. The number of hydrogen-bond donors (Lipinski definition) is 2. The Labute approximate surface area is 127 Å². The van der Waals surface area contributed by atoms with Crippen LogP contribution in [0.5, 0.6) is 5.75 Å². The van der Waals surface area contributed by atoms with E-state index >= 15 is 0 Å². The molecule has 0 radical (unpaired) electrons. The highest BCUT2D eigenvalue weighted by Crippen LogP contribution is 2.34. The van der Waals surface area contributed by atoms with Crippen molar-refractivity contribution in [2.75, 3.05) is 51.3 Å². The zero-order chi connectivity index (χ0) is 15.2. The van der Waals surface area contributed by atoms with Gasteiger partial charge in [0, 0.05) is 43.5 Å². The lowest BCUT2D eigenvalue weighted by molar-refractivity contribution is 0.204. The van der Waals surface area contributed by atoms with Crippen molar-refractivity contribution in [1.29, 1.82) is 0 Å². The van der Waals surface area contributed by atoms with Crippen molar-refractivity contribution in [2.24, 2.45) is 5.73 Å². The van der Waals surface area contributed by atoms with E-state index in [1.54, 1.807) is 7.11 Å². The number of nitrogens with zero attached hydrogens (tertiary/aromatic N) is 2. The number of methoxy groups -OCH3 is 1. The molecule has 2 rings (SSSR count). The summed E-state index contributed by atoms with van der Waals surface area (Å²) >= 11 is 0. The van der Waals surface area contributed by atoms with Crippen LogP contribution in [0.25, 0.3) is 0 Å². The molecule has 1 atom stereocenters. The third kappa shape index (κ3) is 3.87. The lowest BCUT2D eigenvalue weighted by atomic mass is 10.0. The Hall–Kier alpha value is -1.30. The molecule has 0 amide bonds. The van der Waals surface area contributed by atoms with Crippen LogP contribution in [0.2, 0.25) is 0 Å². The van der Waals surface area contributed by atoms with Crippen LogP contribution in [0.15, 0.2) is 18.2 Å². The number of rotatable bonds is 5. The van der Waals surface area contributed by atoms with E-state index in [4.69, 9.17) is 15.6 Å². The first-order chi connectivity index (χ1) is 10.2. The second kappa shape index (κ2) is 7.64. The molecule has 21 heavy (non-hydrogen) atoms. The van der Waals surface area contributed by atoms with E-state index in [0.29, 0.717) is 0 Å². The Morgan fingerprint density at radius 3 is 2.76 bits per heavy atom. The molecule has 1 aliphatic rings. The molecule has 118 valence electrons. The number of aliphatic hydroxyl groups excluding tert-OH is 1. The molecular weight excluding hydrogens is 266 g/mol. The van der Waals surface area contributed by atoms with Crippen LogP contribution in [-0.2, 0) is 0 Å². The van der Waals surface area contributed by atoms with Gasteiger partial charge in [-0.2, -0.15) is 0 Å².